The van der Waals surface area contributed by atoms with Crippen LogP contribution in [0.3, 0.4) is 0 Å². The number of allylic oxidation sites excluding steroid dienone is 5. The topological polar surface area (TPSA) is 26.3 Å². The molecule has 3 atom stereocenters. The van der Waals surface area contributed by atoms with E-state index in [2.05, 4.69) is 72.8 Å². The number of carbonyl (C=O) groups excluding carboxylic acids is 1. The lowest BCUT2D eigenvalue weighted by molar-refractivity contribution is -0.157. The molecule has 0 radical (unpaired) electrons. The van der Waals surface area contributed by atoms with Crippen molar-refractivity contribution in [3.05, 3.63) is 35.5 Å². The third kappa shape index (κ3) is 8.56. The summed E-state index contributed by atoms with van der Waals surface area (Å²) < 4.78 is 5.89. The Morgan fingerprint density at radius 1 is 1.04 bits per heavy atom. The second-order valence-corrected chi connectivity index (χ2v) is 8.88. The van der Waals surface area contributed by atoms with Crippen LogP contribution in [0.15, 0.2) is 35.5 Å². The van der Waals surface area contributed by atoms with Crippen molar-refractivity contribution >= 4 is 5.97 Å². The second-order valence-electron chi connectivity index (χ2n) is 8.88. The quantitative estimate of drug-likeness (QED) is 0.363. The molecule has 1 aliphatic heterocycles. The van der Waals surface area contributed by atoms with Crippen molar-refractivity contribution < 1.29 is 9.53 Å². The van der Waals surface area contributed by atoms with Crippen LogP contribution in [0.4, 0.5) is 0 Å². The Labute approximate surface area is 155 Å². The molecule has 0 aromatic rings. The van der Waals surface area contributed by atoms with Crippen molar-refractivity contribution in [1.29, 1.82) is 0 Å². The summed E-state index contributed by atoms with van der Waals surface area (Å²) in [4.78, 5) is 12.3. The molecule has 0 aliphatic carbocycles. The van der Waals surface area contributed by atoms with Gasteiger partial charge in [0.1, 0.15) is 6.10 Å². The van der Waals surface area contributed by atoms with Crippen LogP contribution >= 0.6 is 0 Å². The minimum absolute atomic E-state index is 0.0716. The van der Waals surface area contributed by atoms with Crippen molar-refractivity contribution in [3.8, 4) is 0 Å². The number of hydrogen-bond donors (Lipinski definition) is 0. The molecule has 2 heteroatoms. The van der Waals surface area contributed by atoms with Crippen LogP contribution in [0.5, 0.6) is 0 Å². The van der Waals surface area contributed by atoms with Crippen molar-refractivity contribution in [2.75, 3.05) is 0 Å². The lowest BCUT2D eigenvalue weighted by Crippen LogP contribution is -2.36. The van der Waals surface area contributed by atoms with Gasteiger partial charge in [-0.1, -0.05) is 70.1 Å². The molecule has 0 amide bonds. The Balaban J connectivity index is 2.98. The Morgan fingerprint density at radius 3 is 2.36 bits per heavy atom. The van der Waals surface area contributed by atoms with Crippen LogP contribution in [0.2, 0.25) is 0 Å². The summed E-state index contributed by atoms with van der Waals surface area (Å²) in [5, 5.41) is 0. The fourth-order valence-electron chi connectivity index (χ4n) is 3.47. The van der Waals surface area contributed by atoms with E-state index in [0.717, 1.165) is 25.7 Å². The molecule has 0 N–H and O–H groups in total. The molecule has 0 saturated carbocycles. The van der Waals surface area contributed by atoms with E-state index in [0.29, 0.717) is 12.3 Å². The first-order valence-electron chi connectivity index (χ1n) is 9.78. The summed E-state index contributed by atoms with van der Waals surface area (Å²) in [5.74, 6) is 0.673. The molecule has 1 aliphatic rings. The molecule has 0 saturated heterocycles. The maximum atomic E-state index is 12.3. The van der Waals surface area contributed by atoms with Gasteiger partial charge >= 0.3 is 5.97 Å². The summed E-state index contributed by atoms with van der Waals surface area (Å²) in [7, 11) is 0. The first-order valence-corrected chi connectivity index (χ1v) is 9.78. The van der Waals surface area contributed by atoms with Crippen molar-refractivity contribution in [2.45, 2.75) is 86.7 Å². The third-order valence-electron chi connectivity index (χ3n) is 4.86. The number of ether oxygens (including phenoxy) is 1. The van der Waals surface area contributed by atoms with Gasteiger partial charge in [0.15, 0.2) is 0 Å². The number of esters is 1. The maximum absolute atomic E-state index is 12.3. The molecular weight excluding hydrogens is 308 g/mol. The maximum Gasteiger partial charge on any atom is 0.306 e. The summed E-state index contributed by atoms with van der Waals surface area (Å²) in [6, 6.07) is 0. The Hall–Kier alpha value is -1.31. The van der Waals surface area contributed by atoms with Crippen LogP contribution < -0.4 is 0 Å². The van der Waals surface area contributed by atoms with Gasteiger partial charge in [0.05, 0.1) is 0 Å². The monoisotopic (exact) mass is 346 g/mol. The average Bonchev–Trinajstić information content (AvgIpc) is 2.48. The van der Waals surface area contributed by atoms with E-state index < -0.39 is 0 Å². The van der Waals surface area contributed by atoms with Crippen LogP contribution in [0, 0.1) is 17.3 Å². The first-order chi connectivity index (χ1) is 11.6. The molecule has 25 heavy (non-hydrogen) atoms. The summed E-state index contributed by atoms with van der Waals surface area (Å²) in [6.07, 6.45) is 13.5. The SMILES string of the molecule is C/C1=C\[C@@H](C)C/C=C/[C@H](C)C(C(C)(C)C)OC(=O)CC/C(C)=C/CC1. The van der Waals surface area contributed by atoms with Crippen LogP contribution in [0.25, 0.3) is 0 Å². The first kappa shape index (κ1) is 21.7. The zero-order chi connectivity index (χ0) is 19.0. The van der Waals surface area contributed by atoms with Crippen molar-refractivity contribution in [3.63, 3.8) is 0 Å². The molecule has 2 nitrogen and oxygen atoms in total. The summed E-state index contributed by atoms with van der Waals surface area (Å²) in [5.41, 5.74) is 2.67. The highest BCUT2D eigenvalue weighted by Crippen LogP contribution is 2.30. The summed E-state index contributed by atoms with van der Waals surface area (Å²) >= 11 is 0. The fraction of sp³-hybridized carbons (Fsp3) is 0.696. The van der Waals surface area contributed by atoms with E-state index in [9.17, 15) is 4.79 Å². The molecular formula is C23H38O2. The number of hydrogen-bond acceptors (Lipinski definition) is 2. The van der Waals surface area contributed by atoms with Gasteiger partial charge in [-0.3, -0.25) is 4.79 Å². The van der Waals surface area contributed by atoms with Crippen LogP contribution in [0.1, 0.15) is 80.6 Å². The van der Waals surface area contributed by atoms with E-state index in [1.54, 1.807) is 0 Å². The van der Waals surface area contributed by atoms with Gasteiger partial charge in [-0.05, 0) is 50.9 Å². The highest BCUT2D eigenvalue weighted by Gasteiger charge is 2.32. The highest BCUT2D eigenvalue weighted by molar-refractivity contribution is 5.70. The largest absolute Gasteiger partial charge is 0.461 e. The van der Waals surface area contributed by atoms with E-state index >= 15 is 0 Å². The molecule has 142 valence electrons. The van der Waals surface area contributed by atoms with Crippen LogP contribution in [-0.4, -0.2) is 12.1 Å². The molecule has 0 aromatic heterocycles. The fourth-order valence-corrected chi connectivity index (χ4v) is 3.47. The van der Waals surface area contributed by atoms with Gasteiger partial charge in [-0.25, -0.2) is 0 Å². The van der Waals surface area contributed by atoms with Gasteiger partial charge in [0, 0.05) is 12.3 Å². The number of cyclic esters (lactones) is 1. The second kappa shape index (κ2) is 9.99. The third-order valence-corrected chi connectivity index (χ3v) is 4.86. The van der Waals surface area contributed by atoms with Gasteiger partial charge in [-0.15, -0.1) is 0 Å². The molecule has 0 spiro atoms. The molecule has 0 fully saturated rings. The van der Waals surface area contributed by atoms with E-state index in [1.807, 2.05) is 0 Å². The predicted octanol–water partition coefficient (Wildman–Crippen LogP) is 6.63. The van der Waals surface area contributed by atoms with Gasteiger partial charge in [0.25, 0.3) is 0 Å². The highest BCUT2D eigenvalue weighted by atomic mass is 16.5. The zero-order valence-electron chi connectivity index (χ0n) is 17.4. The van der Waals surface area contributed by atoms with E-state index in [1.165, 1.54) is 11.1 Å². The standard InChI is InChI=1S/C23H38O2/c1-17-10-8-11-18(2)16-19(3)12-9-13-20(4)22(23(5,6)7)25-21(24)15-14-17/h9-10,13,16,19-20,22H,8,11-12,14-15H2,1-7H3/b13-9+,17-10+,18-16+/t19-,20-,22?/m0/s1. The predicted molar refractivity (Wildman–Crippen MR) is 107 cm³/mol. The lowest BCUT2D eigenvalue weighted by atomic mass is 9.81. The molecule has 1 rings (SSSR count). The Kier molecular flexibility index (Phi) is 8.68. The van der Waals surface area contributed by atoms with Gasteiger partial charge < -0.3 is 4.74 Å². The summed E-state index contributed by atoms with van der Waals surface area (Å²) in [6.45, 7) is 15.2. The molecule has 0 aromatic carbocycles. The van der Waals surface area contributed by atoms with Crippen molar-refractivity contribution in [1.82, 2.24) is 0 Å². The normalized spacial score (nSPS) is 33.6. The Morgan fingerprint density at radius 2 is 1.72 bits per heavy atom. The minimum atomic E-state index is -0.0963. The zero-order valence-corrected chi connectivity index (χ0v) is 17.4. The number of rotatable bonds is 0. The smallest absolute Gasteiger partial charge is 0.306 e. The number of carbonyl (C=O) groups is 1. The van der Waals surface area contributed by atoms with Gasteiger partial charge in [-0.2, -0.15) is 0 Å². The van der Waals surface area contributed by atoms with Crippen molar-refractivity contribution in [2.24, 2.45) is 17.3 Å². The minimum Gasteiger partial charge on any atom is -0.461 e. The molecule has 0 bridgehead atoms. The average molecular weight is 347 g/mol. The van der Waals surface area contributed by atoms with Gasteiger partial charge in [0.2, 0.25) is 0 Å². The molecule has 1 heterocycles. The molecule has 1 unspecified atom stereocenters. The lowest BCUT2D eigenvalue weighted by Gasteiger charge is -2.33. The van der Waals surface area contributed by atoms with E-state index in [-0.39, 0.29) is 23.4 Å². The van der Waals surface area contributed by atoms with Crippen LogP contribution in [-0.2, 0) is 9.53 Å². The Bertz CT molecular complexity index is 517. The van der Waals surface area contributed by atoms with E-state index in [4.69, 9.17) is 4.74 Å².